The zero-order valence-corrected chi connectivity index (χ0v) is 16.3. The molecule has 0 radical (unpaired) electrons. The van der Waals surface area contributed by atoms with Gasteiger partial charge in [-0.2, -0.15) is 0 Å². The van der Waals surface area contributed by atoms with Crippen LogP contribution < -0.4 is 19.5 Å². The molecule has 1 amide bonds. The van der Waals surface area contributed by atoms with E-state index in [1.54, 1.807) is 12.1 Å². The Hall–Kier alpha value is -4.00. The van der Waals surface area contributed by atoms with Gasteiger partial charge in [-0.25, -0.2) is 4.79 Å². The van der Waals surface area contributed by atoms with Crippen molar-refractivity contribution < 1.29 is 28.9 Å². The summed E-state index contributed by atoms with van der Waals surface area (Å²) in [5.74, 6) is 0.838. The molecule has 0 spiro atoms. The van der Waals surface area contributed by atoms with E-state index in [4.69, 9.17) is 19.3 Å². The molecule has 3 aromatic carbocycles. The second-order valence-electron chi connectivity index (χ2n) is 6.33. The number of amides is 1. The summed E-state index contributed by atoms with van der Waals surface area (Å²) in [5.41, 5.74) is 1.29. The highest BCUT2D eigenvalue weighted by Crippen LogP contribution is 2.29. The van der Waals surface area contributed by atoms with Gasteiger partial charge in [0.05, 0.1) is 19.2 Å². The molecule has 0 bridgehead atoms. The lowest BCUT2D eigenvalue weighted by Crippen LogP contribution is -2.15. The lowest BCUT2D eigenvalue weighted by Gasteiger charge is -2.12. The van der Waals surface area contributed by atoms with Crippen molar-refractivity contribution in [3.05, 3.63) is 78.4 Å². The van der Waals surface area contributed by atoms with Crippen molar-refractivity contribution in [3.63, 3.8) is 0 Å². The number of hydrogen-bond donors (Lipinski definition) is 2. The predicted octanol–water partition coefficient (Wildman–Crippen LogP) is 4.13. The molecule has 0 atom stereocenters. The van der Waals surface area contributed by atoms with Gasteiger partial charge < -0.3 is 24.6 Å². The zero-order valence-electron chi connectivity index (χ0n) is 16.3. The average molecular weight is 407 g/mol. The van der Waals surface area contributed by atoms with Crippen LogP contribution in [0.1, 0.15) is 5.56 Å². The summed E-state index contributed by atoms with van der Waals surface area (Å²) >= 11 is 0. The lowest BCUT2D eigenvalue weighted by molar-refractivity contribution is -0.139. The molecule has 3 aromatic rings. The first-order valence-corrected chi connectivity index (χ1v) is 9.18. The highest BCUT2D eigenvalue weighted by molar-refractivity contribution is 5.93. The monoisotopic (exact) mass is 407 g/mol. The zero-order chi connectivity index (χ0) is 21.3. The fourth-order valence-corrected chi connectivity index (χ4v) is 2.69. The van der Waals surface area contributed by atoms with Crippen LogP contribution in [0.15, 0.2) is 72.8 Å². The van der Waals surface area contributed by atoms with Crippen LogP contribution in [-0.2, 0) is 16.0 Å². The number of ether oxygens (including phenoxy) is 3. The third-order valence-corrected chi connectivity index (χ3v) is 4.08. The Morgan fingerprint density at radius 2 is 1.57 bits per heavy atom. The Kier molecular flexibility index (Phi) is 6.89. The molecular formula is C23H21NO6. The molecule has 3 rings (SSSR count). The first-order chi connectivity index (χ1) is 14.5. The number of carboxylic acids is 1. The fraction of sp³-hybridized carbons (Fsp3) is 0.130. The molecule has 0 aliphatic carbocycles. The number of hydrogen-bond acceptors (Lipinski definition) is 5. The molecule has 0 saturated carbocycles. The number of carbonyl (C=O) groups is 2. The molecule has 0 aliphatic rings. The van der Waals surface area contributed by atoms with Crippen molar-refractivity contribution in [2.75, 3.05) is 19.0 Å². The minimum Gasteiger partial charge on any atom is -0.494 e. The Balaban J connectivity index is 1.59. The molecule has 30 heavy (non-hydrogen) atoms. The van der Waals surface area contributed by atoms with Crippen LogP contribution in [0.5, 0.6) is 23.0 Å². The van der Waals surface area contributed by atoms with Gasteiger partial charge in [0, 0.05) is 6.07 Å². The normalized spacial score (nSPS) is 10.2. The van der Waals surface area contributed by atoms with Gasteiger partial charge in [-0.3, -0.25) is 4.79 Å². The van der Waals surface area contributed by atoms with Crippen LogP contribution in [0.3, 0.4) is 0 Å². The minimum absolute atomic E-state index is 0.173. The number of aliphatic carboxylic acids is 1. The van der Waals surface area contributed by atoms with Gasteiger partial charge in [-0.15, -0.1) is 0 Å². The largest absolute Gasteiger partial charge is 0.494 e. The molecular weight excluding hydrogens is 386 g/mol. The molecule has 154 valence electrons. The van der Waals surface area contributed by atoms with E-state index in [9.17, 15) is 9.59 Å². The number of para-hydroxylation sites is 1. The van der Waals surface area contributed by atoms with Crippen molar-refractivity contribution in [3.8, 4) is 23.0 Å². The SMILES string of the molecule is COc1cc(OCC(=O)O)ccc1NC(=O)Cc1ccc(Oc2ccccc2)cc1. The van der Waals surface area contributed by atoms with E-state index < -0.39 is 12.6 Å². The molecule has 0 aromatic heterocycles. The number of anilines is 1. The van der Waals surface area contributed by atoms with Gasteiger partial charge in [-0.1, -0.05) is 30.3 Å². The first kappa shape index (κ1) is 20.7. The predicted molar refractivity (Wildman–Crippen MR) is 111 cm³/mol. The van der Waals surface area contributed by atoms with Gasteiger partial charge >= 0.3 is 5.97 Å². The van der Waals surface area contributed by atoms with E-state index in [-0.39, 0.29) is 12.3 Å². The van der Waals surface area contributed by atoms with Crippen molar-refractivity contribution >= 4 is 17.6 Å². The van der Waals surface area contributed by atoms with Gasteiger partial charge in [0.2, 0.25) is 5.91 Å². The number of carbonyl (C=O) groups excluding carboxylic acids is 1. The van der Waals surface area contributed by atoms with Gasteiger partial charge in [-0.05, 0) is 42.0 Å². The van der Waals surface area contributed by atoms with Crippen molar-refractivity contribution in [1.29, 1.82) is 0 Å². The summed E-state index contributed by atoms with van der Waals surface area (Å²) in [5, 5.41) is 11.5. The maximum Gasteiger partial charge on any atom is 0.341 e. The summed E-state index contributed by atoms with van der Waals surface area (Å²) < 4.78 is 16.1. The quantitative estimate of drug-likeness (QED) is 0.554. The molecule has 0 heterocycles. The fourth-order valence-electron chi connectivity index (χ4n) is 2.69. The maximum atomic E-state index is 12.4. The van der Waals surface area contributed by atoms with E-state index in [2.05, 4.69) is 5.32 Å². The number of methoxy groups -OCH3 is 1. The van der Waals surface area contributed by atoms with Crippen molar-refractivity contribution in [1.82, 2.24) is 0 Å². The van der Waals surface area contributed by atoms with E-state index >= 15 is 0 Å². The van der Waals surface area contributed by atoms with Crippen LogP contribution in [0.2, 0.25) is 0 Å². The molecule has 0 aliphatic heterocycles. The van der Waals surface area contributed by atoms with Crippen LogP contribution in [0.25, 0.3) is 0 Å². The van der Waals surface area contributed by atoms with Crippen LogP contribution in [0.4, 0.5) is 5.69 Å². The van der Waals surface area contributed by atoms with Gasteiger partial charge in [0.25, 0.3) is 0 Å². The van der Waals surface area contributed by atoms with Crippen LogP contribution >= 0.6 is 0 Å². The Labute approximate surface area is 173 Å². The third-order valence-electron chi connectivity index (χ3n) is 4.08. The number of carboxylic acid groups (broad SMARTS) is 1. The Bertz CT molecular complexity index is 1000. The van der Waals surface area contributed by atoms with E-state index in [0.717, 1.165) is 11.3 Å². The number of nitrogens with one attached hydrogen (secondary N) is 1. The van der Waals surface area contributed by atoms with Crippen molar-refractivity contribution in [2.45, 2.75) is 6.42 Å². The highest BCUT2D eigenvalue weighted by Gasteiger charge is 2.11. The average Bonchev–Trinajstić information content (AvgIpc) is 2.75. The topological polar surface area (TPSA) is 94.1 Å². The number of rotatable bonds is 9. The number of benzene rings is 3. The van der Waals surface area contributed by atoms with E-state index in [1.807, 2.05) is 54.6 Å². The molecule has 7 heteroatoms. The van der Waals surface area contributed by atoms with Gasteiger partial charge in [0.15, 0.2) is 6.61 Å². The summed E-state index contributed by atoms with van der Waals surface area (Å²) in [6, 6.07) is 21.4. The second kappa shape index (κ2) is 9.97. The molecule has 7 nitrogen and oxygen atoms in total. The Morgan fingerprint density at radius 1 is 0.900 bits per heavy atom. The van der Waals surface area contributed by atoms with Crippen molar-refractivity contribution in [2.24, 2.45) is 0 Å². The van der Waals surface area contributed by atoms with E-state index in [1.165, 1.54) is 13.2 Å². The minimum atomic E-state index is -1.08. The summed E-state index contributed by atoms with van der Waals surface area (Å²) in [6.45, 7) is -0.459. The Morgan fingerprint density at radius 3 is 2.23 bits per heavy atom. The molecule has 2 N–H and O–H groups in total. The molecule has 0 fully saturated rings. The lowest BCUT2D eigenvalue weighted by atomic mass is 10.1. The van der Waals surface area contributed by atoms with Crippen LogP contribution in [-0.4, -0.2) is 30.7 Å². The molecule has 0 saturated heterocycles. The molecule has 0 unspecified atom stereocenters. The summed E-state index contributed by atoms with van der Waals surface area (Å²) in [7, 11) is 1.46. The smallest absolute Gasteiger partial charge is 0.341 e. The summed E-state index contributed by atoms with van der Waals surface area (Å²) in [4.78, 5) is 23.0. The highest BCUT2D eigenvalue weighted by atomic mass is 16.5. The first-order valence-electron chi connectivity index (χ1n) is 9.18. The third kappa shape index (κ3) is 6.00. The maximum absolute atomic E-state index is 12.4. The summed E-state index contributed by atoms with van der Waals surface area (Å²) in [6.07, 6.45) is 0.173. The van der Waals surface area contributed by atoms with E-state index in [0.29, 0.717) is 22.9 Å². The second-order valence-corrected chi connectivity index (χ2v) is 6.33. The standard InChI is InChI=1S/C23H21NO6/c1-28-21-14-19(29-15-23(26)27)11-12-20(21)24-22(25)13-16-7-9-18(10-8-16)30-17-5-3-2-4-6-17/h2-12,14H,13,15H2,1H3,(H,24,25)(H,26,27). The van der Waals surface area contributed by atoms with Gasteiger partial charge in [0.1, 0.15) is 23.0 Å². The van der Waals surface area contributed by atoms with Crippen LogP contribution in [0, 0.1) is 0 Å².